The molecule has 0 spiro atoms. The van der Waals surface area contributed by atoms with Crippen molar-refractivity contribution >= 4 is 11.6 Å². The lowest BCUT2D eigenvalue weighted by atomic mass is 10.2. The lowest BCUT2D eigenvalue weighted by Gasteiger charge is -2.17. The quantitative estimate of drug-likeness (QED) is 0.897. The fraction of sp³-hybridized carbons (Fsp3) is 0.538. The predicted molar refractivity (Wildman–Crippen MR) is 68.1 cm³/mol. The number of nitrogens with one attached hydrogen (secondary N) is 1. The minimum absolute atomic E-state index is 0.129. The van der Waals surface area contributed by atoms with Crippen LogP contribution in [-0.2, 0) is 16.0 Å². The van der Waals surface area contributed by atoms with Gasteiger partial charge in [0.15, 0.2) is 5.79 Å². The van der Waals surface area contributed by atoms with E-state index in [9.17, 15) is 0 Å². The van der Waals surface area contributed by atoms with E-state index in [0.29, 0.717) is 6.61 Å². The summed E-state index contributed by atoms with van der Waals surface area (Å²) in [6.07, 6.45) is 0.129. The van der Waals surface area contributed by atoms with Gasteiger partial charge in [0.25, 0.3) is 0 Å². The number of rotatable bonds is 4. The fourth-order valence-corrected chi connectivity index (χ4v) is 2.10. The lowest BCUT2D eigenvalue weighted by molar-refractivity contribution is -0.137. The van der Waals surface area contributed by atoms with Gasteiger partial charge in [0.05, 0.1) is 12.7 Å². The lowest BCUT2D eigenvalue weighted by Crippen LogP contribution is -2.30. The highest BCUT2D eigenvalue weighted by Crippen LogP contribution is 2.21. The van der Waals surface area contributed by atoms with Crippen molar-refractivity contribution in [3.63, 3.8) is 0 Å². The molecule has 1 aromatic carbocycles. The van der Waals surface area contributed by atoms with E-state index in [1.165, 1.54) is 5.56 Å². The highest BCUT2D eigenvalue weighted by atomic mass is 35.5. The van der Waals surface area contributed by atoms with Gasteiger partial charge in [0.2, 0.25) is 0 Å². The first-order chi connectivity index (χ1) is 8.05. The van der Waals surface area contributed by atoms with Crippen molar-refractivity contribution < 1.29 is 9.47 Å². The summed E-state index contributed by atoms with van der Waals surface area (Å²) < 4.78 is 11.2. The number of halogens is 1. The summed E-state index contributed by atoms with van der Waals surface area (Å²) in [4.78, 5) is 0. The number of ether oxygens (including phenoxy) is 2. The molecule has 0 amide bonds. The Morgan fingerprint density at radius 2 is 2.29 bits per heavy atom. The number of hydrogen-bond donors (Lipinski definition) is 1. The van der Waals surface area contributed by atoms with Crippen LogP contribution in [0.25, 0.3) is 0 Å². The Morgan fingerprint density at radius 3 is 2.94 bits per heavy atom. The van der Waals surface area contributed by atoms with Crippen LogP contribution in [-0.4, -0.2) is 25.0 Å². The summed E-state index contributed by atoms with van der Waals surface area (Å²) in [7, 11) is 0. The van der Waals surface area contributed by atoms with Crippen LogP contribution in [0.15, 0.2) is 24.3 Å². The van der Waals surface area contributed by atoms with Crippen molar-refractivity contribution in [3.8, 4) is 0 Å². The molecule has 0 aromatic heterocycles. The maximum absolute atomic E-state index is 5.92. The first-order valence-corrected chi connectivity index (χ1v) is 6.20. The molecule has 0 saturated carbocycles. The van der Waals surface area contributed by atoms with Gasteiger partial charge in [-0.1, -0.05) is 23.7 Å². The van der Waals surface area contributed by atoms with Crippen molar-refractivity contribution in [1.82, 2.24) is 5.32 Å². The van der Waals surface area contributed by atoms with Crippen molar-refractivity contribution in [2.75, 3.05) is 13.2 Å². The third-order valence-corrected chi connectivity index (χ3v) is 2.89. The van der Waals surface area contributed by atoms with E-state index in [0.717, 1.165) is 18.1 Å². The largest absolute Gasteiger partial charge is 0.348 e. The summed E-state index contributed by atoms with van der Waals surface area (Å²) in [5, 5.41) is 4.11. The van der Waals surface area contributed by atoms with Gasteiger partial charge in [-0.3, -0.25) is 0 Å². The van der Waals surface area contributed by atoms with Gasteiger partial charge < -0.3 is 14.8 Å². The van der Waals surface area contributed by atoms with Crippen LogP contribution in [0.4, 0.5) is 0 Å². The molecule has 1 aliphatic heterocycles. The minimum atomic E-state index is -0.442. The SMILES string of the molecule is CC1(C)OCC(CNCc2cccc(Cl)c2)O1. The average Bonchev–Trinajstić information content (AvgIpc) is 2.58. The Labute approximate surface area is 107 Å². The molecule has 2 rings (SSSR count). The van der Waals surface area contributed by atoms with Gasteiger partial charge in [-0.25, -0.2) is 0 Å². The van der Waals surface area contributed by atoms with Gasteiger partial charge >= 0.3 is 0 Å². The maximum atomic E-state index is 5.92. The monoisotopic (exact) mass is 255 g/mol. The molecule has 3 nitrogen and oxygen atoms in total. The highest BCUT2D eigenvalue weighted by Gasteiger charge is 2.32. The van der Waals surface area contributed by atoms with Crippen LogP contribution in [0.5, 0.6) is 0 Å². The number of hydrogen-bond acceptors (Lipinski definition) is 3. The van der Waals surface area contributed by atoms with Crippen molar-refractivity contribution in [1.29, 1.82) is 0 Å². The molecule has 1 atom stereocenters. The number of benzene rings is 1. The first-order valence-electron chi connectivity index (χ1n) is 5.82. The second kappa shape index (κ2) is 5.36. The summed E-state index contributed by atoms with van der Waals surface area (Å²) in [6, 6.07) is 7.85. The van der Waals surface area contributed by atoms with E-state index in [2.05, 4.69) is 11.4 Å². The summed E-state index contributed by atoms with van der Waals surface area (Å²) in [5.74, 6) is -0.442. The van der Waals surface area contributed by atoms with E-state index >= 15 is 0 Å². The standard InChI is InChI=1S/C13H18ClNO2/c1-13(2)16-9-12(17-13)8-15-7-10-4-3-5-11(14)6-10/h3-6,12,15H,7-9H2,1-2H3. The van der Waals surface area contributed by atoms with Gasteiger partial charge in [0.1, 0.15) is 0 Å². The Balaban J connectivity index is 1.73. The highest BCUT2D eigenvalue weighted by molar-refractivity contribution is 6.30. The van der Waals surface area contributed by atoms with Crippen LogP contribution in [0.2, 0.25) is 5.02 Å². The summed E-state index contributed by atoms with van der Waals surface area (Å²) >= 11 is 5.92. The van der Waals surface area contributed by atoms with Gasteiger partial charge in [-0.15, -0.1) is 0 Å². The van der Waals surface area contributed by atoms with Crippen molar-refractivity contribution in [3.05, 3.63) is 34.9 Å². The third kappa shape index (κ3) is 3.96. The molecule has 1 fully saturated rings. The second-order valence-electron chi connectivity index (χ2n) is 4.71. The Bertz CT molecular complexity index is 381. The normalized spacial score (nSPS) is 22.9. The fourth-order valence-electron chi connectivity index (χ4n) is 1.89. The van der Waals surface area contributed by atoms with Crippen molar-refractivity contribution in [2.24, 2.45) is 0 Å². The van der Waals surface area contributed by atoms with E-state index in [4.69, 9.17) is 21.1 Å². The van der Waals surface area contributed by atoms with Crippen LogP contribution in [0, 0.1) is 0 Å². The van der Waals surface area contributed by atoms with Gasteiger partial charge in [0, 0.05) is 18.1 Å². The molecule has 1 N–H and O–H groups in total. The first kappa shape index (κ1) is 12.8. The molecule has 94 valence electrons. The van der Waals surface area contributed by atoms with E-state index in [1.807, 2.05) is 32.0 Å². The molecular formula is C13H18ClNO2. The Kier molecular flexibility index (Phi) is 4.05. The van der Waals surface area contributed by atoms with E-state index in [-0.39, 0.29) is 6.10 Å². The third-order valence-electron chi connectivity index (χ3n) is 2.66. The maximum Gasteiger partial charge on any atom is 0.163 e. The molecule has 1 aliphatic rings. The smallest absolute Gasteiger partial charge is 0.163 e. The van der Waals surface area contributed by atoms with Crippen LogP contribution < -0.4 is 5.32 Å². The second-order valence-corrected chi connectivity index (χ2v) is 5.15. The molecule has 4 heteroatoms. The van der Waals surface area contributed by atoms with Crippen LogP contribution >= 0.6 is 11.6 Å². The Morgan fingerprint density at radius 1 is 1.47 bits per heavy atom. The van der Waals surface area contributed by atoms with E-state index < -0.39 is 5.79 Å². The van der Waals surface area contributed by atoms with Crippen molar-refractivity contribution in [2.45, 2.75) is 32.3 Å². The zero-order chi connectivity index (χ0) is 12.3. The van der Waals surface area contributed by atoms with Gasteiger partial charge in [-0.2, -0.15) is 0 Å². The molecule has 1 unspecified atom stereocenters. The minimum Gasteiger partial charge on any atom is -0.348 e. The van der Waals surface area contributed by atoms with Gasteiger partial charge in [-0.05, 0) is 31.5 Å². The average molecular weight is 256 g/mol. The molecule has 17 heavy (non-hydrogen) atoms. The predicted octanol–water partition coefficient (Wildman–Crippen LogP) is 2.58. The summed E-state index contributed by atoms with van der Waals surface area (Å²) in [5.41, 5.74) is 1.18. The molecule has 1 aromatic rings. The Hall–Kier alpha value is -0.610. The molecular weight excluding hydrogens is 238 g/mol. The zero-order valence-electron chi connectivity index (χ0n) is 10.2. The topological polar surface area (TPSA) is 30.5 Å². The van der Waals surface area contributed by atoms with Crippen LogP contribution in [0.3, 0.4) is 0 Å². The zero-order valence-corrected chi connectivity index (χ0v) is 11.0. The molecule has 0 aliphatic carbocycles. The van der Waals surface area contributed by atoms with E-state index in [1.54, 1.807) is 0 Å². The molecule has 0 bridgehead atoms. The summed E-state index contributed by atoms with van der Waals surface area (Å²) in [6.45, 7) is 6.10. The van der Waals surface area contributed by atoms with Crippen LogP contribution in [0.1, 0.15) is 19.4 Å². The molecule has 1 heterocycles. The molecule has 0 radical (unpaired) electrons. The molecule has 1 saturated heterocycles.